The van der Waals surface area contributed by atoms with Crippen molar-refractivity contribution in [3.05, 3.63) is 41.6 Å². The number of likely N-dealkylation sites (tertiary alicyclic amines) is 1. The molecule has 6 heteroatoms. The SMILES string of the molecule is COc1ccc(C(=O)N2CCC[C@@H]2c2ncc(C)[nH]2)cn1. The number of pyridine rings is 1. The summed E-state index contributed by atoms with van der Waals surface area (Å²) >= 11 is 0. The first kappa shape index (κ1) is 13.6. The fraction of sp³-hybridized carbons (Fsp3) is 0.400. The van der Waals surface area contributed by atoms with Gasteiger partial charge in [0.25, 0.3) is 5.91 Å². The smallest absolute Gasteiger partial charge is 0.256 e. The number of ether oxygens (including phenoxy) is 1. The molecule has 3 rings (SSSR count). The Kier molecular flexibility index (Phi) is 3.60. The Bertz CT molecular complexity index is 635. The Hall–Kier alpha value is -2.37. The molecule has 110 valence electrons. The zero-order chi connectivity index (χ0) is 14.8. The fourth-order valence-corrected chi connectivity index (χ4v) is 2.69. The van der Waals surface area contributed by atoms with Crippen LogP contribution in [0.25, 0.3) is 0 Å². The van der Waals surface area contributed by atoms with Crippen LogP contribution in [-0.2, 0) is 0 Å². The third-order valence-electron chi connectivity index (χ3n) is 3.74. The lowest BCUT2D eigenvalue weighted by molar-refractivity contribution is 0.0730. The molecule has 0 unspecified atom stereocenters. The molecule has 0 bridgehead atoms. The zero-order valence-electron chi connectivity index (χ0n) is 12.2. The van der Waals surface area contributed by atoms with Crippen molar-refractivity contribution in [2.45, 2.75) is 25.8 Å². The van der Waals surface area contributed by atoms with Gasteiger partial charge < -0.3 is 14.6 Å². The van der Waals surface area contributed by atoms with Crippen LogP contribution in [-0.4, -0.2) is 39.4 Å². The molecular weight excluding hydrogens is 268 g/mol. The van der Waals surface area contributed by atoms with Crippen molar-refractivity contribution in [2.24, 2.45) is 0 Å². The molecule has 1 N–H and O–H groups in total. The maximum atomic E-state index is 12.6. The van der Waals surface area contributed by atoms with E-state index in [1.165, 1.54) is 0 Å². The molecule has 1 amide bonds. The standard InChI is InChI=1S/C15H18N4O2/c1-10-8-17-14(18-10)12-4-3-7-19(12)15(20)11-5-6-13(21-2)16-9-11/h5-6,8-9,12H,3-4,7H2,1-2H3,(H,17,18)/t12-/m1/s1. The summed E-state index contributed by atoms with van der Waals surface area (Å²) in [7, 11) is 1.56. The highest BCUT2D eigenvalue weighted by atomic mass is 16.5. The van der Waals surface area contributed by atoms with E-state index in [1.807, 2.05) is 11.8 Å². The monoisotopic (exact) mass is 286 g/mol. The molecule has 1 aliphatic heterocycles. The van der Waals surface area contributed by atoms with E-state index in [9.17, 15) is 4.79 Å². The van der Waals surface area contributed by atoms with Crippen LogP contribution in [0.2, 0.25) is 0 Å². The molecule has 3 heterocycles. The number of rotatable bonds is 3. The van der Waals surface area contributed by atoms with Crippen LogP contribution < -0.4 is 4.74 Å². The van der Waals surface area contributed by atoms with Gasteiger partial charge in [-0.2, -0.15) is 0 Å². The van der Waals surface area contributed by atoms with Crippen molar-refractivity contribution in [2.75, 3.05) is 13.7 Å². The van der Waals surface area contributed by atoms with E-state index < -0.39 is 0 Å². The molecular formula is C15H18N4O2. The molecule has 0 aromatic carbocycles. The van der Waals surface area contributed by atoms with Gasteiger partial charge in [-0.1, -0.05) is 0 Å². The van der Waals surface area contributed by atoms with Crippen molar-refractivity contribution in [1.82, 2.24) is 19.9 Å². The highest BCUT2D eigenvalue weighted by molar-refractivity contribution is 5.94. The maximum Gasteiger partial charge on any atom is 0.256 e. The summed E-state index contributed by atoms with van der Waals surface area (Å²) in [4.78, 5) is 26.2. The average molecular weight is 286 g/mol. The first-order valence-corrected chi connectivity index (χ1v) is 7.01. The normalized spacial score (nSPS) is 18.0. The van der Waals surface area contributed by atoms with Gasteiger partial charge in [-0.3, -0.25) is 4.79 Å². The summed E-state index contributed by atoms with van der Waals surface area (Å²) in [5, 5.41) is 0. The number of nitrogens with zero attached hydrogens (tertiary/aromatic N) is 3. The number of carbonyl (C=O) groups excluding carboxylic acids is 1. The molecule has 0 spiro atoms. The number of carbonyl (C=O) groups is 1. The minimum Gasteiger partial charge on any atom is -0.481 e. The average Bonchev–Trinajstić information content (AvgIpc) is 3.15. The summed E-state index contributed by atoms with van der Waals surface area (Å²) in [5.74, 6) is 1.35. The quantitative estimate of drug-likeness (QED) is 0.938. The Morgan fingerprint density at radius 1 is 1.38 bits per heavy atom. The highest BCUT2D eigenvalue weighted by Gasteiger charge is 2.32. The number of methoxy groups -OCH3 is 1. The summed E-state index contributed by atoms with van der Waals surface area (Å²) in [6.07, 6.45) is 5.27. The first-order valence-electron chi connectivity index (χ1n) is 7.01. The van der Waals surface area contributed by atoms with E-state index in [0.29, 0.717) is 11.4 Å². The van der Waals surface area contributed by atoms with Gasteiger partial charge in [-0.05, 0) is 25.8 Å². The Labute approximate surface area is 123 Å². The predicted molar refractivity (Wildman–Crippen MR) is 77.1 cm³/mol. The number of hydrogen-bond donors (Lipinski definition) is 1. The second-order valence-corrected chi connectivity index (χ2v) is 5.20. The topological polar surface area (TPSA) is 71.1 Å². The molecule has 1 fully saturated rings. The van der Waals surface area contributed by atoms with Crippen LogP contribution in [0.4, 0.5) is 0 Å². The lowest BCUT2D eigenvalue weighted by Crippen LogP contribution is -2.31. The largest absolute Gasteiger partial charge is 0.481 e. The van der Waals surface area contributed by atoms with E-state index >= 15 is 0 Å². The van der Waals surface area contributed by atoms with Crippen LogP contribution in [0.3, 0.4) is 0 Å². The predicted octanol–water partition coefficient (Wildman–Crippen LogP) is 2.10. The summed E-state index contributed by atoms with van der Waals surface area (Å²) in [6.45, 7) is 2.71. The van der Waals surface area contributed by atoms with Gasteiger partial charge in [0.2, 0.25) is 5.88 Å². The van der Waals surface area contributed by atoms with E-state index in [-0.39, 0.29) is 11.9 Å². The van der Waals surface area contributed by atoms with Gasteiger partial charge in [0.15, 0.2) is 0 Å². The Morgan fingerprint density at radius 3 is 2.86 bits per heavy atom. The molecule has 2 aromatic heterocycles. The number of aryl methyl sites for hydroxylation is 1. The highest BCUT2D eigenvalue weighted by Crippen LogP contribution is 2.31. The minimum absolute atomic E-state index is 0.0123. The van der Waals surface area contributed by atoms with E-state index in [0.717, 1.165) is 30.9 Å². The number of aromatic nitrogens is 3. The van der Waals surface area contributed by atoms with E-state index in [1.54, 1.807) is 31.6 Å². The second kappa shape index (κ2) is 5.55. The van der Waals surface area contributed by atoms with Crippen molar-refractivity contribution >= 4 is 5.91 Å². The Balaban J connectivity index is 1.82. The van der Waals surface area contributed by atoms with Gasteiger partial charge in [0.1, 0.15) is 5.82 Å². The van der Waals surface area contributed by atoms with Crippen molar-refractivity contribution in [3.63, 3.8) is 0 Å². The Morgan fingerprint density at radius 2 is 2.24 bits per heavy atom. The minimum atomic E-state index is -0.0123. The molecule has 0 radical (unpaired) electrons. The summed E-state index contributed by atoms with van der Waals surface area (Å²) < 4.78 is 5.02. The lowest BCUT2D eigenvalue weighted by Gasteiger charge is -2.23. The van der Waals surface area contributed by atoms with Crippen LogP contribution >= 0.6 is 0 Å². The molecule has 1 aliphatic rings. The van der Waals surface area contributed by atoms with Gasteiger partial charge in [0.05, 0.1) is 18.7 Å². The number of H-pyrrole nitrogens is 1. The molecule has 6 nitrogen and oxygen atoms in total. The first-order chi connectivity index (χ1) is 10.2. The van der Waals surface area contributed by atoms with Crippen LogP contribution in [0.15, 0.2) is 24.5 Å². The van der Waals surface area contributed by atoms with E-state index in [4.69, 9.17) is 4.74 Å². The van der Waals surface area contributed by atoms with Gasteiger partial charge >= 0.3 is 0 Å². The fourth-order valence-electron chi connectivity index (χ4n) is 2.69. The third-order valence-corrected chi connectivity index (χ3v) is 3.74. The van der Waals surface area contributed by atoms with Crippen molar-refractivity contribution < 1.29 is 9.53 Å². The van der Waals surface area contributed by atoms with Crippen molar-refractivity contribution in [1.29, 1.82) is 0 Å². The molecule has 1 atom stereocenters. The number of hydrogen-bond acceptors (Lipinski definition) is 4. The number of imidazole rings is 1. The lowest BCUT2D eigenvalue weighted by atomic mass is 10.2. The summed E-state index contributed by atoms with van der Waals surface area (Å²) in [6, 6.07) is 3.47. The molecule has 0 aliphatic carbocycles. The van der Waals surface area contributed by atoms with Crippen LogP contribution in [0.1, 0.15) is 40.8 Å². The van der Waals surface area contributed by atoms with E-state index in [2.05, 4.69) is 15.0 Å². The van der Waals surface area contributed by atoms with Gasteiger partial charge in [-0.15, -0.1) is 0 Å². The van der Waals surface area contributed by atoms with Crippen molar-refractivity contribution in [3.8, 4) is 5.88 Å². The molecule has 2 aromatic rings. The number of amides is 1. The molecule has 21 heavy (non-hydrogen) atoms. The van der Waals surface area contributed by atoms with Gasteiger partial charge in [-0.25, -0.2) is 9.97 Å². The third kappa shape index (κ3) is 2.61. The van der Waals surface area contributed by atoms with Gasteiger partial charge in [0, 0.05) is 30.7 Å². The maximum absolute atomic E-state index is 12.6. The van der Waals surface area contributed by atoms with Crippen LogP contribution in [0.5, 0.6) is 5.88 Å². The number of nitrogens with one attached hydrogen (secondary N) is 1. The zero-order valence-corrected chi connectivity index (χ0v) is 12.2. The molecule has 1 saturated heterocycles. The second-order valence-electron chi connectivity index (χ2n) is 5.20. The van der Waals surface area contributed by atoms with Crippen LogP contribution in [0, 0.1) is 6.92 Å². The molecule has 0 saturated carbocycles. The summed E-state index contributed by atoms with van der Waals surface area (Å²) in [5.41, 5.74) is 1.58. The number of aromatic amines is 1.